The normalized spacial score (nSPS) is 29.2. The lowest BCUT2D eigenvalue weighted by atomic mass is 9.70. The maximum absolute atomic E-state index is 13.3. The van der Waals surface area contributed by atoms with Gasteiger partial charge in [-0.1, -0.05) is 63.9 Å². The summed E-state index contributed by atoms with van der Waals surface area (Å²) in [5.74, 6) is 2.05. The number of aliphatic hydroxyl groups is 1. The average molecular weight is 687 g/mol. The number of hydrogen-bond acceptors (Lipinski definition) is 6. The van der Waals surface area contributed by atoms with E-state index >= 15 is 0 Å². The average Bonchev–Trinajstić information content (AvgIpc) is 3.21. The number of fused-ring (bicyclic) bond motifs is 2. The van der Waals surface area contributed by atoms with Gasteiger partial charge in [-0.3, -0.25) is 9.52 Å². The number of aliphatic hydroxyl groups excluding tert-OH is 1. The van der Waals surface area contributed by atoms with E-state index in [9.17, 15) is 9.00 Å². The number of halogens is 1. The largest absolute Gasteiger partial charge is 0.491 e. The van der Waals surface area contributed by atoms with E-state index in [1.54, 1.807) is 20.1 Å². The number of allylic oxidation sites excluding steroid dienone is 1. The van der Waals surface area contributed by atoms with Gasteiger partial charge in [-0.15, -0.1) is 0 Å². The summed E-state index contributed by atoms with van der Waals surface area (Å²) in [6.45, 7) is 14.2. The Labute approximate surface area is 290 Å². The second-order valence-corrected chi connectivity index (χ2v) is 15.9. The van der Waals surface area contributed by atoms with Crippen LogP contribution in [0.3, 0.4) is 0 Å². The third kappa shape index (κ3) is 9.62. The number of nitrogens with one attached hydrogen (secondary N) is 1. The zero-order valence-electron chi connectivity index (χ0n) is 29.2. The van der Waals surface area contributed by atoms with Crippen LogP contribution in [0, 0.1) is 23.7 Å². The fourth-order valence-corrected chi connectivity index (χ4v) is 7.68. The van der Waals surface area contributed by atoms with Crippen molar-refractivity contribution in [2.45, 2.75) is 97.0 Å². The molecule has 2 aliphatic heterocycles. The van der Waals surface area contributed by atoms with Gasteiger partial charge in [0, 0.05) is 36.7 Å². The molecule has 260 valence electrons. The zero-order valence-corrected chi connectivity index (χ0v) is 30.8. The lowest BCUT2D eigenvalue weighted by Gasteiger charge is -2.43. The molecular formula is C38H55ClN2O5S. The van der Waals surface area contributed by atoms with Crippen LogP contribution in [0.2, 0.25) is 5.02 Å². The van der Waals surface area contributed by atoms with Crippen molar-refractivity contribution in [2.24, 2.45) is 23.7 Å². The van der Waals surface area contributed by atoms with E-state index < -0.39 is 11.0 Å². The summed E-state index contributed by atoms with van der Waals surface area (Å²) in [4.78, 5) is 15.7. The maximum atomic E-state index is 13.3. The smallest absolute Gasteiger partial charge is 0.263 e. The quantitative estimate of drug-likeness (QED) is 0.313. The van der Waals surface area contributed by atoms with Crippen molar-refractivity contribution in [1.29, 1.82) is 0 Å². The molecule has 0 spiro atoms. The van der Waals surface area contributed by atoms with Crippen LogP contribution in [0.5, 0.6) is 5.75 Å². The zero-order chi connectivity index (χ0) is 34.2. The van der Waals surface area contributed by atoms with Crippen molar-refractivity contribution in [3.05, 3.63) is 70.3 Å². The molecule has 8 unspecified atom stereocenters. The molecule has 2 heterocycles. The Morgan fingerprint density at radius 2 is 1.87 bits per heavy atom. The first-order chi connectivity index (χ1) is 22.4. The lowest BCUT2D eigenvalue weighted by molar-refractivity contribution is 0.0134. The minimum absolute atomic E-state index is 0.0478. The van der Waals surface area contributed by atoms with Crippen LogP contribution in [-0.4, -0.2) is 59.5 Å². The van der Waals surface area contributed by atoms with Crippen molar-refractivity contribution >= 4 is 34.2 Å². The summed E-state index contributed by atoms with van der Waals surface area (Å²) in [5.41, 5.74) is 3.95. The Balaban J connectivity index is 0.000000762. The topological polar surface area (TPSA) is 88.1 Å². The minimum Gasteiger partial charge on any atom is -0.491 e. The number of hydrogen-bond donors (Lipinski definition) is 2. The predicted octanol–water partition coefficient (Wildman–Crippen LogP) is 7.72. The molecule has 1 aliphatic carbocycles. The number of nitrogens with zero attached hydrogens (tertiary/aromatic N) is 1. The molecule has 2 N–H and O–H groups in total. The molecule has 8 atom stereocenters. The molecule has 0 saturated heterocycles. The Kier molecular flexibility index (Phi) is 13.8. The van der Waals surface area contributed by atoms with Gasteiger partial charge in [0.15, 0.2) is 0 Å². The summed E-state index contributed by atoms with van der Waals surface area (Å²) in [7, 11) is 0.296. The van der Waals surface area contributed by atoms with E-state index in [1.165, 1.54) is 11.1 Å². The Morgan fingerprint density at radius 3 is 2.51 bits per heavy atom. The van der Waals surface area contributed by atoms with E-state index in [1.807, 2.05) is 39.0 Å². The molecule has 3 aliphatic rings. The summed E-state index contributed by atoms with van der Waals surface area (Å²) < 4.78 is 28.3. The molecule has 5 rings (SSSR count). The summed E-state index contributed by atoms with van der Waals surface area (Å²) in [6.07, 6.45) is 9.32. The molecule has 0 aromatic heterocycles. The fourth-order valence-electron chi connectivity index (χ4n) is 6.46. The molecule has 1 saturated carbocycles. The number of anilines is 1. The molecule has 7 nitrogen and oxygen atoms in total. The van der Waals surface area contributed by atoms with Crippen molar-refractivity contribution in [3.63, 3.8) is 0 Å². The molecule has 2 aromatic rings. The van der Waals surface area contributed by atoms with E-state index in [0.29, 0.717) is 29.9 Å². The first kappa shape index (κ1) is 37.4. The van der Waals surface area contributed by atoms with Crippen molar-refractivity contribution < 1.29 is 23.6 Å². The van der Waals surface area contributed by atoms with E-state index in [-0.39, 0.29) is 35.2 Å². The number of carbonyl (C=O) groups excluding carboxylic acids is 1. The van der Waals surface area contributed by atoms with Crippen LogP contribution >= 0.6 is 11.6 Å². The highest BCUT2D eigenvalue weighted by Gasteiger charge is 2.39. The second kappa shape index (κ2) is 17.3. The summed E-state index contributed by atoms with van der Waals surface area (Å²) in [5, 5.41) is 9.20. The van der Waals surface area contributed by atoms with Crippen LogP contribution < -0.4 is 14.4 Å². The lowest BCUT2D eigenvalue weighted by Crippen LogP contribution is -2.44. The molecule has 47 heavy (non-hydrogen) atoms. The van der Waals surface area contributed by atoms with Crippen LogP contribution in [0.25, 0.3) is 0 Å². The van der Waals surface area contributed by atoms with Gasteiger partial charge in [0.05, 0.1) is 29.8 Å². The van der Waals surface area contributed by atoms with Gasteiger partial charge < -0.3 is 19.5 Å². The van der Waals surface area contributed by atoms with Crippen LogP contribution in [0.1, 0.15) is 94.6 Å². The Hall–Kier alpha value is -2.39. The summed E-state index contributed by atoms with van der Waals surface area (Å²) in [6, 6.07) is 11.8. The van der Waals surface area contributed by atoms with Crippen molar-refractivity contribution in [1.82, 2.24) is 4.72 Å². The Morgan fingerprint density at radius 1 is 1.13 bits per heavy atom. The second-order valence-electron chi connectivity index (χ2n) is 13.9. The highest BCUT2D eigenvalue weighted by molar-refractivity contribution is 7.84. The van der Waals surface area contributed by atoms with Gasteiger partial charge in [0.1, 0.15) is 16.7 Å². The third-order valence-corrected chi connectivity index (χ3v) is 12.0. The highest BCUT2D eigenvalue weighted by atomic mass is 35.5. The number of rotatable bonds is 5. The first-order valence-electron chi connectivity index (χ1n) is 17.3. The van der Waals surface area contributed by atoms with Gasteiger partial charge in [0.2, 0.25) is 0 Å². The number of benzene rings is 2. The molecule has 1 amide bonds. The first-order valence-corrected chi connectivity index (χ1v) is 18.9. The molecule has 2 aromatic carbocycles. The number of methoxy groups -OCH3 is 1. The Bertz CT molecular complexity index is 1390. The fraction of sp³-hybridized carbons (Fsp3) is 0.605. The van der Waals surface area contributed by atoms with Crippen LogP contribution in [0.4, 0.5) is 5.69 Å². The van der Waals surface area contributed by atoms with Gasteiger partial charge in [-0.2, -0.15) is 0 Å². The number of carbonyl (C=O) groups is 1. The van der Waals surface area contributed by atoms with E-state index in [2.05, 4.69) is 47.8 Å². The standard InChI is InChI=1S/C33H43ClN2O4S.C5H12O/c1-5-7-23-16-27(34)12-14-28(23)26-19-36-18-25-10-13-29(25)31(39-4)9-6-8-21(2)22(3)41(38)35-33(37)24-11-15-32(40-20-26)30(36)17-24;1-4(2)5(3)6/h6,9,11-12,14-17,21-22,25-26,29,31H,5,7-8,10,13,18-20H2,1-4H3,(H,35,37);4-6H,1-3H3/b9-6+;. The highest BCUT2D eigenvalue weighted by Crippen LogP contribution is 2.43. The van der Waals surface area contributed by atoms with Crippen LogP contribution in [-0.2, 0) is 22.1 Å². The maximum Gasteiger partial charge on any atom is 0.263 e. The van der Waals surface area contributed by atoms with Crippen molar-refractivity contribution in [3.8, 4) is 5.75 Å². The third-order valence-electron chi connectivity index (χ3n) is 10.3. The molecule has 2 bridgehead atoms. The minimum atomic E-state index is -1.50. The summed E-state index contributed by atoms with van der Waals surface area (Å²) >= 11 is 6.40. The monoisotopic (exact) mass is 686 g/mol. The molecular weight excluding hydrogens is 632 g/mol. The molecule has 1 fully saturated rings. The molecule has 0 radical (unpaired) electrons. The van der Waals surface area contributed by atoms with E-state index in [4.69, 9.17) is 26.2 Å². The number of aryl methyl sites for hydroxylation is 1. The number of ether oxygens (including phenoxy) is 2. The van der Waals surface area contributed by atoms with E-state index in [0.717, 1.165) is 61.7 Å². The van der Waals surface area contributed by atoms with Gasteiger partial charge in [-0.25, -0.2) is 4.21 Å². The SMILES string of the molecule is CC(C)C(C)O.CCCc1cc(Cl)ccc1C1COc2ccc3cc2N(C1)CC1CCC1C(OC)/C=C/CC(C)C(C)S(=O)NC3=O. The van der Waals surface area contributed by atoms with Gasteiger partial charge in [-0.05, 0) is 105 Å². The van der Waals surface area contributed by atoms with Gasteiger partial charge >= 0.3 is 0 Å². The predicted molar refractivity (Wildman–Crippen MR) is 194 cm³/mol. The van der Waals surface area contributed by atoms with Gasteiger partial charge in [0.25, 0.3) is 5.91 Å². The van der Waals surface area contributed by atoms with Crippen LogP contribution in [0.15, 0.2) is 48.6 Å². The number of amides is 1. The van der Waals surface area contributed by atoms with Crippen molar-refractivity contribution in [2.75, 3.05) is 31.7 Å². The molecule has 9 heteroatoms.